The van der Waals surface area contributed by atoms with Crippen molar-refractivity contribution < 1.29 is 19.5 Å². The van der Waals surface area contributed by atoms with Gasteiger partial charge in [0.1, 0.15) is 6.04 Å². The molecule has 2 amide bonds. The first-order valence-electron chi connectivity index (χ1n) is 6.16. The smallest absolute Gasteiger partial charge is 0.326 e. The van der Waals surface area contributed by atoms with Gasteiger partial charge < -0.3 is 14.9 Å². The molecule has 0 aromatic heterocycles. The molecule has 6 nitrogen and oxygen atoms in total. The van der Waals surface area contributed by atoms with Gasteiger partial charge in [-0.15, -0.1) is 0 Å². The minimum atomic E-state index is -0.940. The van der Waals surface area contributed by atoms with Crippen LogP contribution in [-0.4, -0.2) is 59.4 Å². The number of amides is 2. The van der Waals surface area contributed by atoms with E-state index in [1.165, 1.54) is 9.80 Å². The number of aliphatic carboxylic acids is 1. The Labute approximate surface area is 107 Å². The fourth-order valence-electron chi connectivity index (χ4n) is 2.08. The van der Waals surface area contributed by atoms with Crippen LogP contribution in [0.2, 0.25) is 0 Å². The average Bonchev–Trinajstić information content (AvgIpc) is 2.77. The van der Waals surface area contributed by atoms with Crippen molar-refractivity contribution in [1.29, 1.82) is 0 Å². The molecule has 0 aromatic carbocycles. The van der Waals surface area contributed by atoms with Crippen LogP contribution in [0.25, 0.3) is 0 Å². The molecule has 0 aliphatic carbocycles. The number of hydrogen-bond acceptors (Lipinski definition) is 3. The predicted octanol–water partition coefficient (Wildman–Crippen LogP) is 0.320. The number of carbonyl (C=O) groups is 3. The summed E-state index contributed by atoms with van der Waals surface area (Å²) in [5, 5.41) is 8.96. The van der Waals surface area contributed by atoms with Gasteiger partial charge >= 0.3 is 5.97 Å². The highest BCUT2D eigenvalue weighted by molar-refractivity contribution is 5.84. The number of hydrogen-bond donors (Lipinski definition) is 1. The molecule has 1 heterocycles. The quantitative estimate of drug-likeness (QED) is 0.768. The molecular weight excluding hydrogens is 236 g/mol. The Hall–Kier alpha value is -1.59. The summed E-state index contributed by atoms with van der Waals surface area (Å²) in [4.78, 5) is 37.0. The van der Waals surface area contributed by atoms with Crippen LogP contribution in [0.4, 0.5) is 0 Å². The highest BCUT2D eigenvalue weighted by Gasteiger charge is 2.33. The largest absolute Gasteiger partial charge is 0.480 e. The van der Waals surface area contributed by atoms with E-state index in [4.69, 9.17) is 5.11 Å². The maximum absolute atomic E-state index is 11.8. The van der Waals surface area contributed by atoms with Crippen molar-refractivity contribution in [3.05, 3.63) is 0 Å². The van der Waals surface area contributed by atoms with E-state index >= 15 is 0 Å². The molecule has 18 heavy (non-hydrogen) atoms. The second-order valence-corrected chi connectivity index (χ2v) is 4.73. The van der Waals surface area contributed by atoms with Gasteiger partial charge in [-0.05, 0) is 19.3 Å². The third-order valence-electron chi connectivity index (χ3n) is 3.14. The summed E-state index contributed by atoms with van der Waals surface area (Å²) in [6.45, 7) is 0.511. The molecular formula is C12H20N2O4. The number of nitrogens with zero attached hydrogens (tertiary/aromatic N) is 2. The van der Waals surface area contributed by atoms with Crippen molar-refractivity contribution >= 4 is 17.8 Å². The standard InChI is InChI=1S/C12H20N2O4/c1-13(2)10(15)6-3-7-11(16)14-8-4-5-9(14)12(17)18/h9H,3-8H2,1-2H3,(H,17,18)/t9-/m0/s1. The van der Waals surface area contributed by atoms with E-state index < -0.39 is 12.0 Å². The van der Waals surface area contributed by atoms with Gasteiger partial charge in [0, 0.05) is 33.5 Å². The molecule has 1 saturated heterocycles. The third-order valence-corrected chi connectivity index (χ3v) is 3.14. The number of likely N-dealkylation sites (tertiary alicyclic amines) is 1. The van der Waals surface area contributed by atoms with E-state index in [1.54, 1.807) is 14.1 Å². The molecule has 102 valence electrons. The average molecular weight is 256 g/mol. The minimum absolute atomic E-state index is 0.0148. The van der Waals surface area contributed by atoms with Gasteiger partial charge in [-0.1, -0.05) is 0 Å². The number of carbonyl (C=O) groups excluding carboxylic acids is 2. The molecule has 0 bridgehead atoms. The van der Waals surface area contributed by atoms with Crippen LogP contribution in [0, 0.1) is 0 Å². The first-order valence-corrected chi connectivity index (χ1v) is 6.16. The van der Waals surface area contributed by atoms with E-state index in [1.807, 2.05) is 0 Å². The van der Waals surface area contributed by atoms with Crippen LogP contribution >= 0.6 is 0 Å². The van der Waals surface area contributed by atoms with Crippen LogP contribution in [0.15, 0.2) is 0 Å². The monoisotopic (exact) mass is 256 g/mol. The fraction of sp³-hybridized carbons (Fsp3) is 0.750. The predicted molar refractivity (Wildman–Crippen MR) is 64.9 cm³/mol. The van der Waals surface area contributed by atoms with Gasteiger partial charge in [-0.25, -0.2) is 4.79 Å². The summed E-state index contributed by atoms with van der Waals surface area (Å²) in [5.74, 6) is -1.12. The second-order valence-electron chi connectivity index (χ2n) is 4.73. The zero-order valence-electron chi connectivity index (χ0n) is 10.9. The van der Waals surface area contributed by atoms with Crippen molar-refractivity contribution in [2.75, 3.05) is 20.6 Å². The Bertz CT molecular complexity index is 341. The lowest BCUT2D eigenvalue weighted by atomic mass is 10.2. The summed E-state index contributed by atoms with van der Waals surface area (Å²) < 4.78 is 0. The zero-order valence-corrected chi connectivity index (χ0v) is 10.9. The van der Waals surface area contributed by atoms with Gasteiger partial charge in [-0.2, -0.15) is 0 Å². The van der Waals surface area contributed by atoms with Crippen molar-refractivity contribution in [2.24, 2.45) is 0 Å². The van der Waals surface area contributed by atoms with Crippen molar-refractivity contribution in [3.63, 3.8) is 0 Å². The number of carboxylic acid groups (broad SMARTS) is 1. The zero-order chi connectivity index (χ0) is 13.7. The maximum atomic E-state index is 11.8. The third kappa shape index (κ3) is 3.72. The van der Waals surface area contributed by atoms with E-state index in [-0.39, 0.29) is 18.2 Å². The molecule has 1 N–H and O–H groups in total. The summed E-state index contributed by atoms with van der Waals surface area (Å²) in [6.07, 6.45) is 2.30. The summed E-state index contributed by atoms with van der Waals surface area (Å²) in [5.41, 5.74) is 0. The van der Waals surface area contributed by atoms with E-state index in [0.717, 1.165) is 6.42 Å². The van der Waals surface area contributed by atoms with Gasteiger partial charge in [0.2, 0.25) is 11.8 Å². The maximum Gasteiger partial charge on any atom is 0.326 e. The lowest BCUT2D eigenvalue weighted by Crippen LogP contribution is -2.40. The molecule has 1 rings (SSSR count). The molecule has 6 heteroatoms. The van der Waals surface area contributed by atoms with Crippen molar-refractivity contribution in [3.8, 4) is 0 Å². The molecule has 1 aliphatic rings. The first kappa shape index (κ1) is 14.5. The molecule has 0 unspecified atom stereocenters. The fourth-order valence-corrected chi connectivity index (χ4v) is 2.08. The minimum Gasteiger partial charge on any atom is -0.480 e. The van der Waals surface area contributed by atoms with E-state index in [0.29, 0.717) is 25.8 Å². The Morgan fingerprint density at radius 2 is 1.94 bits per heavy atom. The number of carboxylic acids is 1. The molecule has 1 aliphatic heterocycles. The van der Waals surface area contributed by atoms with Gasteiger partial charge in [-0.3, -0.25) is 9.59 Å². The highest BCUT2D eigenvalue weighted by atomic mass is 16.4. The Morgan fingerprint density at radius 1 is 1.28 bits per heavy atom. The van der Waals surface area contributed by atoms with E-state index in [9.17, 15) is 14.4 Å². The Balaban J connectivity index is 2.37. The lowest BCUT2D eigenvalue weighted by Gasteiger charge is -2.21. The van der Waals surface area contributed by atoms with Crippen LogP contribution in [0.3, 0.4) is 0 Å². The normalized spacial score (nSPS) is 18.8. The summed E-state index contributed by atoms with van der Waals surface area (Å²) in [7, 11) is 3.34. The van der Waals surface area contributed by atoms with Gasteiger partial charge in [0.25, 0.3) is 0 Å². The highest BCUT2D eigenvalue weighted by Crippen LogP contribution is 2.19. The molecule has 0 aromatic rings. The molecule has 1 fully saturated rings. The van der Waals surface area contributed by atoms with Crippen molar-refractivity contribution in [2.45, 2.75) is 38.1 Å². The summed E-state index contributed by atoms with van der Waals surface area (Å²) >= 11 is 0. The molecule has 0 spiro atoms. The van der Waals surface area contributed by atoms with Gasteiger partial charge in [0.15, 0.2) is 0 Å². The SMILES string of the molecule is CN(C)C(=O)CCCC(=O)N1CCC[C@H]1C(=O)O. The summed E-state index contributed by atoms with van der Waals surface area (Å²) in [6, 6.07) is -0.679. The lowest BCUT2D eigenvalue weighted by molar-refractivity contribution is -0.148. The molecule has 1 atom stereocenters. The topological polar surface area (TPSA) is 77.9 Å². The van der Waals surface area contributed by atoms with Crippen molar-refractivity contribution in [1.82, 2.24) is 9.80 Å². The Morgan fingerprint density at radius 3 is 2.50 bits per heavy atom. The Kier molecular flexibility index (Phi) is 5.12. The second kappa shape index (κ2) is 6.37. The van der Waals surface area contributed by atoms with Gasteiger partial charge in [0.05, 0.1) is 0 Å². The molecule has 0 radical (unpaired) electrons. The van der Waals surface area contributed by atoms with Crippen LogP contribution in [0.1, 0.15) is 32.1 Å². The van der Waals surface area contributed by atoms with E-state index in [2.05, 4.69) is 0 Å². The van der Waals surface area contributed by atoms with Crippen LogP contribution in [-0.2, 0) is 14.4 Å². The number of rotatable bonds is 5. The van der Waals surface area contributed by atoms with Crippen LogP contribution in [0.5, 0.6) is 0 Å². The molecule has 0 saturated carbocycles. The first-order chi connectivity index (χ1) is 8.43. The van der Waals surface area contributed by atoms with Crippen LogP contribution < -0.4 is 0 Å².